The molecule has 2 unspecified atom stereocenters. The standard InChI is InChI=1S/C13H17NO3/c1-13(2,3)8-4-5-10(15)9(6-8)12(17)11(16)7-14/h4-6,11-12,15-17H,1-3H3. The Hall–Kier alpha value is -1.57. The molecule has 0 saturated heterocycles. The Labute approximate surface area is 101 Å². The van der Waals surface area contributed by atoms with Crippen LogP contribution in [0.25, 0.3) is 0 Å². The molecule has 0 amide bonds. The van der Waals surface area contributed by atoms with E-state index in [1.165, 1.54) is 6.07 Å². The first-order valence-electron chi connectivity index (χ1n) is 5.36. The minimum Gasteiger partial charge on any atom is -0.508 e. The molecule has 0 aliphatic rings. The lowest BCUT2D eigenvalue weighted by Gasteiger charge is -2.22. The van der Waals surface area contributed by atoms with E-state index in [0.29, 0.717) is 0 Å². The molecule has 2 atom stereocenters. The minimum atomic E-state index is -1.55. The second-order valence-corrected chi connectivity index (χ2v) is 5.04. The van der Waals surface area contributed by atoms with Crippen LogP contribution in [-0.4, -0.2) is 21.4 Å². The van der Waals surface area contributed by atoms with Crippen molar-refractivity contribution in [2.24, 2.45) is 0 Å². The highest BCUT2D eigenvalue weighted by molar-refractivity contribution is 5.40. The zero-order valence-electron chi connectivity index (χ0n) is 10.2. The van der Waals surface area contributed by atoms with E-state index in [4.69, 9.17) is 5.26 Å². The molecule has 92 valence electrons. The molecule has 1 aromatic carbocycles. The third-order valence-corrected chi connectivity index (χ3v) is 2.64. The topological polar surface area (TPSA) is 84.5 Å². The molecule has 0 bridgehead atoms. The lowest BCUT2D eigenvalue weighted by Crippen LogP contribution is -2.18. The van der Waals surface area contributed by atoms with Gasteiger partial charge in [-0.15, -0.1) is 0 Å². The molecule has 1 aromatic rings. The third kappa shape index (κ3) is 2.96. The first-order chi connectivity index (χ1) is 7.77. The third-order valence-electron chi connectivity index (χ3n) is 2.64. The van der Waals surface area contributed by atoms with Crippen LogP contribution in [0.5, 0.6) is 5.75 Å². The van der Waals surface area contributed by atoms with Gasteiger partial charge < -0.3 is 15.3 Å². The van der Waals surface area contributed by atoms with Gasteiger partial charge in [-0.3, -0.25) is 0 Å². The van der Waals surface area contributed by atoms with E-state index in [1.807, 2.05) is 20.8 Å². The fraction of sp³-hybridized carbons (Fsp3) is 0.462. The number of phenolic OH excluding ortho intramolecular Hbond substituents is 1. The van der Waals surface area contributed by atoms with Gasteiger partial charge in [-0.1, -0.05) is 26.8 Å². The summed E-state index contributed by atoms with van der Waals surface area (Å²) in [6, 6.07) is 6.37. The summed E-state index contributed by atoms with van der Waals surface area (Å²) >= 11 is 0. The van der Waals surface area contributed by atoms with Gasteiger partial charge in [-0.2, -0.15) is 5.26 Å². The Morgan fingerprint density at radius 3 is 2.29 bits per heavy atom. The maximum atomic E-state index is 9.73. The number of nitriles is 1. The number of nitrogens with zero attached hydrogens (tertiary/aromatic N) is 1. The first-order valence-corrected chi connectivity index (χ1v) is 5.36. The highest BCUT2D eigenvalue weighted by Gasteiger charge is 2.23. The van der Waals surface area contributed by atoms with Gasteiger partial charge in [-0.25, -0.2) is 0 Å². The van der Waals surface area contributed by atoms with Crippen LogP contribution < -0.4 is 0 Å². The fourth-order valence-corrected chi connectivity index (χ4v) is 1.50. The van der Waals surface area contributed by atoms with Crippen molar-refractivity contribution in [2.75, 3.05) is 0 Å². The number of phenols is 1. The van der Waals surface area contributed by atoms with Gasteiger partial charge in [0.1, 0.15) is 11.9 Å². The lowest BCUT2D eigenvalue weighted by atomic mass is 9.85. The quantitative estimate of drug-likeness (QED) is 0.680. The zero-order valence-corrected chi connectivity index (χ0v) is 10.2. The van der Waals surface area contributed by atoms with E-state index in [-0.39, 0.29) is 16.7 Å². The number of aliphatic hydroxyl groups excluding tert-OH is 2. The monoisotopic (exact) mass is 235 g/mol. The van der Waals surface area contributed by atoms with Crippen molar-refractivity contribution in [1.29, 1.82) is 5.26 Å². The fourth-order valence-electron chi connectivity index (χ4n) is 1.50. The summed E-state index contributed by atoms with van der Waals surface area (Å²) in [7, 11) is 0. The highest BCUT2D eigenvalue weighted by Crippen LogP contribution is 2.31. The number of aliphatic hydroxyl groups is 2. The van der Waals surface area contributed by atoms with Gasteiger partial charge in [0.05, 0.1) is 6.07 Å². The molecule has 1 rings (SSSR count). The van der Waals surface area contributed by atoms with Crippen molar-refractivity contribution in [3.05, 3.63) is 29.3 Å². The predicted octanol–water partition coefficient (Wildman–Crippen LogP) is 1.61. The molecule has 0 spiro atoms. The summed E-state index contributed by atoms with van der Waals surface area (Å²) in [6.45, 7) is 5.99. The van der Waals surface area contributed by atoms with Crippen molar-refractivity contribution in [3.63, 3.8) is 0 Å². The Morgan fingerprint density at radius 2 is 1.82 bits per heavy atom. The highest BCUT2D eigenvalue weighted by atomic mass is 16.3. The van der Waals surface area contributed by atoms with Crippen molar-refractivity contribution in [3.8, 4) is 11.8 Å². The van der Waals surface area contributed by atoms with Crippen LogP contribution in [0, 0.1) is 11.3 Å². The number of rotatable bonds is 2. The average molecular weight is 235 g/mol. The van der Waals surface area contributed by atoms with Crippen molar-refractivity contribution in [1.82, 2.24) is 0 Å². The number of benzene rings is 1. The summed E-state index contributed by atoms with van der Waals surface area (Å²) in [5.41, 5.74) is 0.945. The normalized spacial score (nSPS) is 15.1. The van der Waals surface area contributed by atoms with E-state index < -0.39 is 12.2 Å². The van der Waals surface area contributed by atoms with Crippen LogP contribution in [0.3, 0.4) is 0 Å². The van der Waals surface area contributed by atoms with Gasteiger partial charge in [0, 0.05) is 5.56 Å². The van der Waals surface area contributed by atoms with Gasteiger partial charge in [0.25, 0.3) is 0 Å². The summed E-state index contributed by atoms with van der Waals surface area (Å²) in [6.07, 6.45) is -2.95. The van der Waals surface area contributed by atoms with E-state index in [1.54, 1.807) is 18.2 Å². The molecule has 0 fully saturated rings. The second-order valence-electron chi connectivity index (χ2n) is 5.04. The van der Waals surface area contributed by atoms with Crippen LogP contribution >= 0.6 is 0 Å². The molecule has 4 nitrogen and oxygen atoms in total. The number of hydrogen-bond donors (Lipinski definition) is 3. The molecule has 0 aromatic heterocycles. The maximum absolute atomic E-state index is 9.73. The van der Waals surface area contributed by atoms with Crippen molar-refractivity contribution in [2.45, 2.75) is 38.4 Å². The predicted molar refractivity (Wildman–Crippen MR) is 63.4 cm³/mol. The average Bonchev–Trinajstić information content (AvgIpc) is 2.26. The molecule has 4 heteroatoms. The summed E-state index contributed by atoms with van der Waals surface area (Å²) in [5.74, 6) is -0.125. The molecule has 0 heterocycles. The Kier molecular flexibility index (Phi) is 3.76. The van der Waals surface area contributed by atoms with Gasteiger partial charge in [0.15, 0.2) is 6.10 Å². The summed E-state index contributed by atoms with van der Waals surface area (Å²) < 4.78 is 0. The molecule has 0 aliphatic carbocycles. The minimum absolute atomic E-state index is 0.125. The largest absolute Gasteiger partial charge is 0.508 e. The number of hydrogen-bond acceptors (Lipinski definition) is 4. The molecule has 0 radical (unpaired) electrons. The van der Waals surface area contributed by atoms with E-state index >= 15 is 0 Å². The van der Waals surface area contributed by atoms with Gasteiger partial charge >= 0.3 is 0 Å². The Balaban J connectivity index is 3.21. The molecule has 17 heavy (non-hydrogen) atoms. The second kappa shape index (κ2) is 4.74. The van der Waals surface area contributed by atoms with E-state index in [2.05, 4.69) is 0 Å². The molecule has 0 saturated carbocycles. The molecule has 3 N–H and O–H groups in total. The van der Waals surface area contributed by atoms with Gasteiger partial charge in [-0.05, 0) is 23.1 Å². The van der Waals surface area contributed by atoms with Crippen LogP contribution in [0.4, 0.5) is 0 Å². The summed E-state index contributed by atoms with van der Waals surface area (Å²) in [5, 5.41) is 37.2. The van der Waals surface area contributed by atoms with Crippen LogP contribution in [0.15, 0.2) is 18.2 Å². The smallest absolute Gasteiger partial charge is 0.170 e. The van der Waals surface area contributed by atoms with Gasteiger partial charge in [0.2, 0.25) is 0 Å². The Bertz CT molecular complexity index is 443. The van der Waals surface area contributed by atoms with Crippen molar-refractivity contribution < 1.29 is 15.3 Å². The molecular weight excluding hydrogens is 218 g/mol. The lowest BCUT2D eigenvalue weighted by molar-refractivity contribution is 0.0510. The van der Waals surface area contributed by atoms with E-state index in [0.717, 1.165) is 5.56 Å². The van der Waals surface area contributed by atoms with E-state index in [9.17, 15) is 15.3 Å². The molecular formula is C13H17NO3. The Morgan fingerprint density at radius 1 is 1.24 bits per heavy atom. The maximum Gasteiger partial charge on any atom is 0.170 e. The summed E-state index contributed by atoms with van der Waals surface area (Å²) in [4.78, 5) is 0. The first kappa shape index (κ1) is 13.5. The number of aromatic hydroxyl groups is 1. The van der Waals surface area contributed by atoms with Crippen LogP contribution in [0.1, 0.15) is 38.0 Å². The molecule has 0 aliphatic heterocycles. The van der Waals surface area contributed by atoms with Crippen LogP contribution in [-0.2, 0) is 5.41 Å². The van der Waals surface area contributed by atoms with Crippen molar-refractivity contribution >= 4 is 0 Å². The zero-order chi connectivity index (χ0) is 13.2. The van der Waals surface area contributed by atoms with Crippen LogP contribution in [0.2, 0.25) is 0 Å². The SMILES string of the molecule is CC(C)(C)c1ccc(O)c(C(O)C(O)C#N)c1.